The first kappa shape index (κ1) is 11.9. The van der Waals surface area contributed by atoms with Crippen LogP contribution in [0.15, 0.2) is 46.9 Å². The van der Waals surface area contributed by atoms with Gasteiger partial charge in [-0.05, 0) is 42.5 Å². The average Bonchev–Trinajstić information content (AvgIpc) is 2.38. The van der Waals surface area contributed by atoms with E-state index >= 15 is 0 Å². The Bertz CT molecular complexity index is 569. The number of hydrogen-bond donors (Lipinski definition) is 1. The quantitative estimate of drug-likeness (QED) is 0.820. The van der Waals surface area contributed by atoms with E-state index in [1.54, 1.807) is 0 Å². The Hall–Kier alpha value is -1.19. The Labute approximate surface area is 120 Å². The highest BCUT2D eigenvalue weighted by Gasteiger charge is 2.17. The van der Waals surface area contributed by atoms with Gasteiger partial charge in [0.1, 0.15) is 0 Å². The molecule has 2 aromatic carbocycles. The number of fused-ring (bicyclic) bond motifs is 1. The molecule has 0 fully saturated rings. The third kappa shape index (κ3) is 2.20. The molecule has 2 nitrogen and oxygen atoms in total. The van der Waals surface area contributed by atoms with Crippen molar-refractivity contribution in [2.75, 3.05) is 23.3 Å². The van der Waals surface area contributed by atoms with Crippen molar-refractivity contribution in [3.8, 4) is 0 Å². The number of hydrogen-bond acceptors (Lipinski definition) is 2. The van der Waals surface area contributed by atoms with Crippen LogP contribution >= 0.6 is 27.5 Å². The van der Waals surface area contributed by atoms with Crippen LogP contribution in [-0.4, -0.2) is 13.1 Å². The maximum atomic E-state index is 5.93. The van der Waals surface area contributed by atoms with E-state index in [0.29, 0.717) is 0 Å². The zero-order valence-corrected chi connectivity index (χ0v) is 12.0. The van der Waals surface area contributed by atoms with Crippen LogP contribution < -0.4 is 10.2 Å². The molecule has 18 heavy (non-hydrogen) atoms. The summed E-state index contributed by atoms with van der Waals surface area (Å²) in [4.78, 5) is 2.30. The van der Waals surface area contributed by atoms with Crippen molar-refractivity contribution in [1.29, 1.82) is 0 Å². The molecule has 0 atom stereocenters. The first-order chi connectivity index (χ1) is 8.74. The smallest absolute Gasteiger partial charge is 0.0647 e. The number of rotatable bonds is 1. The van der Waals surface area contributed by atoms with E-state index in [-0.39, 0.29) is 0 Å². The van der Waals surface area contributed by atoms with Crippen LogP contribution in [-0.2, 0) is 0 Å². The molecule has 1 heterocycles. The minimum atomic E-state index is 0.768. The molecule has 4 heteroatoms. The lowest BCUT2D eigenvalue weighted by Crippen LogP contribution is -2.29. The summed E-state index contributed by atoms with van der Waals surface area (Å²) in [5.74, 6) is 0. The van der Waals surface area contributed by atoms with Gasteiger partial charge in [-0.25, -0.2) is 0 Å². The van der Waals surface area contributed by atoms with Gasteiger partial charge in [0, 0.05) is 28.3 Å². The van der Waals surface area contributed by atoms with E-state index in [2.05, 4.69) is 56.5 Å². The summed E-state index contributed by atoms with van der Waals surface area (Å²) in [5, 5.41) is 4.19. The molecule has 0 spiro atoms. The highest BCUT2D eigenvalue weighted by atomic mass is 79.9. The van der Waals surface area contributed by atoms with Crippen LogP contribution in [0.2, 0.25) is 5.02 Å². The summed E-state index contributed by atoms with van der Waals surface area (Å²) in [6, 6.07) is 14.3. The number of nitrogens with one attached hydrogen (secondary N) is 1. The Morgan fingerprint density at radius 3 is 2.67 bits per heavy atom. The Balaban J connectivity index is 2.03. The maximum absolute atomic E-state index is 5.93. The summed E-state index contributed by atoms with van der Waals surface area (Å²) < 4.78 is 1.09. The van der Waals surface area contributed by atoms with Gasteiger partial charge in [-0.1, -0.05) is 27.5 Å². The molecule has 0 saturated carbocycles. The van der Waals surface area contributed by atoms with Crippen molar-refractivity contribution in [3.63, 3.8) is 0 Å². The molecule has 0 radical (unpaired) electrons. The first-order valence-corrected chi connectivity index (χ1v) is 6.98. The summed E-state index contributed by atoms with van der Waals surface area (Å²) in [6.45, 7) is 1.89. The molecule has 1 N–H and O–H groups in total. The SMILES string of the molecule is Clc1ccc(N2CCNc3cc(Br)ccc32)cc1. The van der Waals surface area contributed by atoms with Crippen LogP contribution in [0, 0.1) is 0 Å². The monoisotopic (exact) mass is 322 g/mol. The van der Waals surface area contributed by atoms with E-state index < -0.39 is 0 Å². The molecule has 1 aliphatic rings. The fourth-order valence-electron chi connectivity index (χ4n) is 2.20. The molecular formula is C14H12BrClN2. The predicted molar refractivity (Wildman–Crippen MR) is 81.1 cm³/mol. The largest absolute Gasteiger partial charge is 0.382 e. The second-order valence-corrected chi connectivity index (χ2v) is 5.57. The molecule has 0 aliphatic carbocycles. The third-order valence-electron chi connectivity index (χ3n) is 3.04. The van der Waals surface area contributed by atoms with Crippen LogP contribution in [0.4, 0.5) is 17.1 Å². The van der Waals surface area contributed by atoms with Gasteiger partial charge in [0.05, 0.1) is 11.4 Å². The fraction of sp³-hybridized carbons (Fsp3) is 0.143. The van der Waals surface area contributed by atoms with Gasteiger partial charge < -0.3 is 10.2 Å². The van der Waals surface area contributed by atoms with E-state index in [1.165, 1.54) is 11.4 Å². The normalized spacial score (nSPS) is 14.0. The molecule has 1 aliphatic heterocycles. The van der Waals surface area contributed by atoms with Gasteiger partial charge in [0.2, 0.25) is 0 Å². The summed E-state index contributed by atoms with van der Waals surface area (Å²) in [6.07, 6.45) is 0. The Morgan fingerprint density at radius 2 is 1.89 bits per heavy atom. The molecule has 0 unspecified atom stereocenters. The molecule has 92 valence electrons. The van der Waals surface area contributed by atoms with Gasteiger partial charge in [0.25, 0.3) is 0 Å². The molecule has 0 bridgehead atoms. The van der Waals surface area contributed by atoms with Crippen molar-refractivity contribution >= 4 is 44.6 Å². The van der Waals surface area contributed by atoms with E-state index in [4.69, 9.17) is 11.6 Å². The minimum absolute atomic E-state index is 0.768. The highest BCUT2D eigenvalue weighted by molar-refractivity contribution is 9.10. The number of nitrogens with zero attached hydrogens (tertiary/aromatic N) is 1. The van der Waals surface area contributed by atoms with Crippen LogP contribution in [0.25, 0.3) is 0 Å². The van der Waals surface area contributed by atoms with Gasteiger partial charge >= 0.3 is 0 Å². The third-order valence-corrected chi connectivity index (χ3v) is 3.78. The van der Waals surface area contributed by atoms with E-state index in [0.717, 1.165) is 28.3 Å². The fourth-order valence-corrected chi connectivity index (χ4v) is 2.68. The lowest BCUT2D eigenvalue weighted by Gasteiger charge is -2.32. The predicted octanol–water partition coefficient (Wildman–Crippen LogP) is 4.67. The maximum Gasteiger partial charge on any atom is 0.0647 e. The Morgan fingerprint density at radius 1 is 1.11 bits per heavy atom. The van der Waals surface area contributed by atoms with Crippen molar-refractivity contribution in [3.05, 3.63) is 52.0 Å². The zero-order chi connectivity index (χ0) is 12.5. The van der Waals surface area contributed by atoms with Crippen LogP contribution in [0.5, 0.6) is 0 Å². The number of benzene rings is 2. The lowest BCUT2D eigenvalue weighted by atomic mass is 10.1. The van der Waals surface area contributed by atoms with E-state index in [9.17, 15) is 0 Å². The number of anilines is 3. The molecule has 2 aromatic rings. The standard InChI is InChI=1S/C14H12BrClN2/c15-10-1-6-14-13(9-10)17-7-8-18(14)12-4-2-11(16)3-5-12/h1-6,9,17H,7-8H2. The molecule has 0 aromatic heterocycles. The van der Waals surface area contributed by atoms with Gasteiger partial charge in [0.15, 0.2) is 0 Å². The van der Waals surface area contributed by atoms with Crippen LogP contribution in [0.1, 0.15) is 0 Å². The van der Waals surface area contributed by atoms with Crippen molar-refractivity contribution in [2.45, 2.75) is 0 Å². The van der Waals surface area contributed by atoms with Crippen molar-refractivity contribution in [1.82, 2.24) is 0 Å². The molecule has 0 saturated heterocycles. The molecular weight excluding hydrogens is 312 g/mol. The molecule has 0 amide bonds. The molecule has 3 rings (SSSR count). The zero-order valence-electron chi connectivity index (χ0n) is 9.66. The van der Waals surface area contributed by atoms with Crippen molar-refractivity contribution in [2.24, 2.45) is 0 Å². The lowest BCUT2D eigenvalue weighted by molar-refractivity contribution is 0.926. The topological polar surface area (TPSA) is 15.3 Å². The minimum Gasteiger partial charge on any atom is -0.382 e. The second-order valence-electron chi connectivity index (χ2n) is 4.22. The second kappa shape index (κ2) is 4.82. The summed E-state index contributed by atoms with van der Waals surface area (Å²) in [5.41, 5.74) is 3.53. The van der Waals surface area contributed by atoms with Crippen molar-refractivity contribution < 1.29 is 0 Å². The van der Waals surface area contributed by atoms with Gasteiger partial charge in [-0.3, -0.25) is 0 Å². The number of halogens is 2. The van der Waals surface area contributed by atoms with E-state index in [1.807, 2.05) is 12.1 Å². The Kier molecular flexibility index (Phi) is 3.18. The van der Waals surface area contributed by atoms with Crippen LogP contribution in [0.3, 0.4) is 0 Å². The van der Waals surface area contributed by atoms with Gasteiger partial charge in [-0.2, -0.15) is 0 Å². The highest BCUT2D eigenvalue weighted by Crippen LogP contribution is 2.36. The average molecular weight is 324 g/mol. The first-order valence-electron chi connectivity index (χ1n) is 5.80. The summed E-state index contributed by atoms with van der Waals surface area (Å²) >= 11 is 9.43. The van der Waals surface area contributed by atoms with Gasteiger partial charge in [-0.15, -0.1) is 0 Å². The summed E-state index contributed by atoms with van der Waals surface area (Å²) in [7, 11) is 0.